The van der Waals surface area contributed by atoms with Gasteiger partial charge in [0, 0.05) is 6.07 Å². The molecule has 2 aliphatic rings. The average molecular weight is 371 g/mol. The third-order valence-corrected chi connectivity index (χ3v) is 6.50. The Kier molecular flexibility index (Phi) is 7.98. The average Bonchev–Trinajstić information content (AvgIpc) is 2.72. The Morgan fingerprint density at radius 1 is 0.963 bits per heavy atom. The van der Waals surface area contributed by atoms with E-state index in [1.165, 1.54) is 57.8 Å². The Morgan fingerprint density at radius 2 is 1.70 bits per heavy atom. The number of hydrogen-bond donors (Lipinski definition) is 0. The highest BCUT2D eigenvalue weighted by atomic mass is 19.1. The van der Waals surface area contributed by atoms with E-state index >= 15 is 0 Å². The van der Waals surface area contributed by atoms with Gasteiger partial charge < -0.3 is 4.74 Å². The molecule has 0 N–H and O–H groups in total. The molecule has 0 radical (unpaired) electrons. The molecule has 0 bridgehead atoms. The van der Waals surface area contributed by atoms with Crippen LogP contribution in [0.2, 0.25) is 0 Å². The Morgan fingerprint density at radius 3 is 2.41 bits per heavy atom. The van der Waals surface area contributed by atoms with E-state index in [0.29, 0.717) is 18.1 Å². The molecule has 0 aromatic heterocycles. The lowest BCUT2D eigenvalue weighted by Crippen LogP contribution is -2.26. The minimum atomic E-state index is -0.168. The van der Waals surface area contributed by atoms with Crippen LogP contribution in [-0.4, -0.2) is 6.61 Å². The second-order valence-corrected chi connectivity index (χ2v) is 8.40. The Hall–Kier alpha value is -1.57. The molecule has 1 aromatic carbocycles. The molecule has 148 valence electrons. The number of rotatable bonds is 7. The first-order valence-corrected chi connectivity index (χ1v) is 11.0. The smallest absolute Gasteiger partial charge is 0.130 e. The summed E-state index contributed by atoms with van der Waals surface area (Å²) in [7, 11) is 0. The van der Waals surface area contributed by atoms with Crippen molar-refractivity contribution in [3.8, 4) is 5.75 Å². The lowest BCUT2D eigenvalue weighted by molar-refractivity contribution is 0.135. The van der Waals surface area contributed by atoms with Crippen molar-refractivity contribution in [2.24, 2.45) is 17.8 Å². The zero-order valence-corrected chi connectivity index (χ0v) is 16.8. The number of ether oxygens (including phenoxy) is 1. The van der Waals surface area contributed by atoms with Crippen LogP contribution in [0.1, 0.15) is 70.3 Å². The van der Waals surface area contributed by atoms with Crippen LogP contribution in [-0.2, 0) is 6.42 Å². The SMILES string of the molecule is C/C=C\C=C/Cc1ccc(OCC2CCC(C3CCCCC3)CC2)cc1F. The van der Waals surface area contributed by atoms with E-state index in [1.54, 1.807) is 6.07 Å². The summed E-state index contributed by atoms with van der Waals surface area (Å²) in [4.78, 5) is 0. The van der Waals surface area contributed by atoms with Gasteiger partial charge in [-0.2, -0.15) is 0 Å². The molecule has 2 saturated carbocycles. The highest BCUT2D eigenvalue weighted by molar-refractivity contribution is 5.30. The van der Waals surface area contributed by atoms with E-state index in [4.69, 9.17) is 4.74 Å². The van der Waals surface area contributed by atoms with Gasteiger partial charge in [0.15, 0.2) is 0 Å². The summed E-state index contributed by atoms with van der Waals surface area (Å²) in [6.45, 7) is 2.71. The first-order chi connectivity index (χ1) is 13.3. The molecule has 0 spiro atoms. The molecule has 0 amide bonds. The topological polar surface area (TPSA) is 9.23 Å². The summed E-state index contributed by atoms with van der Waals surface area (Å²) in [6, 6.07) is 5.31. The lowest BCUT2D eigenvalue weighted by Gasteiger charge is -2.35. The van der Waals surface area contributed by atoms with Gasteiger partial charge in [-0.3, -0.25) is 0 Å². The van der Waals surface area contributed by atoms with Crippen LogP contribution < -0.4 is 4.74 Å². The fourth-order valence-corrected chi connectivity index (χ4v) is 4.81. The van der Waals surface area contributed by atoms with Gasteiger partial charge in [0.25, 0.3) is 0 Å². The maximum absolute atomic E-state index is 14.3. The van der Waals surface area contributed by atoms with Gasteiger partial charge in [-0.1, -0.05) is 62.5 Å². The molecule has 0 aliphatic heterocycles. The van der Waals surface area contributed by atoms with Crippen LogP contribution in [0.3, 0.4) is 0 Å². The Labute approximate surface area is 164 Å². The van der Waals surface area contributed by atoms with E-state index in [2.05, 4.69) is 0 Å². The van der Waals surface area contributed by atoms with Crippen LogP contribution in [0.15, 0.2) is 42.5 Å². The van der Waals surface area contributed by atoms with E-state index in [9.17, 15) is 4.39 Å². The van der Waals surface area contributed by atoms with Crippen LogP contribution in [0.25, 0.3) is 0 Å². The molecule has 2 fully saturated rings. The molecule has 0 unspecified atom stereocenters. The highest BCUT2D eigenvalue weighted by Crippen LogP contribution is 2.40. The summed E-state index contributed by atoms with van der Waals surface area (Å²) in [5.74, 6) is 3.08. The molecule has 3 rings (SSSR count). The molecule has 0 saturated heterocycles. The highest BCUT2D eigenvalue weighted by Gasteiger charge is 2.28. The Balaban J connectivity index is 1.42. The normalized spacial score (nSPS) is 24.7. The fraction of sp³-hybridized carbons (Fsp3) is 0.600. The predicted molar refractivity (Wildman–Crippen MR) is 112 cm³/mol. The molecule has 1 nitrogen and oxygen atoms in total. The lowest BCUT2D eigenvalue weighted by atomic mass is 9.71. The second kappa shape index (κ2) is 10.7. The van der Waals surface area contributed by atoms with Crippen molar-refractivity contribution >= 4 is 0 Å². The Bertz CT molecular complexity index is 619. The third kappa shape index (κ3) is 6.23. The first-order valence-electron chi connectivity index (χ1n) is 11.0. The van der Waals surface area contributed by atoms with E-state index in [0.717, 1.165) is 24.0 Å². The number of halogens is 1. The summed E-state index contributed by atoms with van der Waals surface area (Å²) < 4.78 is 20.2. The molecular weight excluding hydrogens is 335 g/mol. The van der Waals surface area contributed by atoms with Crippen molar-refractivity contribution in [3.63, 3.8) is 0 Å². The van der Waals surface area contributed by atoms with Crippen molar-refractivity contribution in [1.29, 1.82) is 0 Å². The monoisotopic (exact) mass is 370 g/mol. The predicted octanol–water partition coefficient (Wildman–Crippen LogP) is 7.27. The number of benzene rings is 1. The third-order valence-electron chi connectivity index (χ3n) is 6.50. The minimum absolute atomic E-state index is 0.168. The molecule has 2 heteroatoms. The van der Waals surface area contributed by atoms with Crippen molar-refractivity contribution in [3.05, 3.63) is 53.9 Å². The van der Waals surface area contributed by atoms with Crippen LogP contribution in [0, 0.1) is 23.6 Å². The van der Waals surface area contributed by atoms with E-state index in [-0.39, 0.29) is 5.82 Å². The summed E-state index contributed by atoms with van der Waals surface area (Å²) in [5.41, 5.74) is 0.719. The summed E-state index contributed by atoms with van der Waals surface area (Å²) in [6.07, 6.45) is 21.0. The van der Waals surface area contributed by atoms with Crippen molar-refractivity contribution < 1.29 is 9.13 Å². The number of hydrogen-bond acceptors (Lipinski definition) is 1. The fourth-order valence-electron chi connectivity index (χ4n) is 4.81. The molecule has 1 aromatic rings. The largest absolute Gasteiger partial charge is 0.493 e. The standard InChI is InChI=1S/C25H35FO/c1-2-3-4-6-11-23-16-17-24(18-25(23)26)27-19-20-12-14-22(15-13-20)21-9-7-5-8-10-21/h2-4,6,16-18,20-22H,5,7-15,19H2,1H3/b3-2-,6-4-. The van der Waals surface area contributed by atoms with Crippen molar-refractivity contribution in [2.75, 3.05) is 6.61 Å². The van der Waals surface area contributed by atoms with Gasteiger partial charge in [-0.15, -0.1) is 0 Å². The zero-order chi connectivity index (χ0) is 18.9. The van der Waals surface area contributed by atoms with Crippen LogP contribution in [0.5, 0.6) is 5.75 Å². The van der Waals surface area contributed by atoms with Crippen LogP contribution >= 0.6 is 0 Å². The molecule has 27 heavy (non-hydrogen) atoms. The van der Waals surface area contributed by atoms with Gasteiger partial charge in [-0.05, 0) is 68.4 Å². The van der Waals surface area contributed by atoms with Gasteiger partial charge in [-0.25, -0.2) is 4.39 Å². The van der Waals surface area contributed by atoms with Crippen molar-refractivity contribution in [1.82, 2.24) is 0 Å². The van der Waals surface area contributed by atoms with E-state index in [1.807, 2.05) is 43.4 Å². The maximum Gasteiger partial charge on any atom is 0.130 e. The number of allylic oxidation sites excluding steroid dienone is 4. The zero-order valence-electron chi connectivity index (χ0n) is 16.8. The van der Waals surface area contributed by atoms with E-state index < -0.39 is 0 Å². The maximum atomic E-state index is 14.3. The molecule has 0 atom stereocenters. The van der Waals surface area contributed by atoms with Gasteiger partial charge in [0.1, 0.15) is 11.6 Å². The summed E-state index contributed by atoms with van der Waals surface area (Å²) >= 11 is 0. The first kappa shape index (κ1) is 20.2. The van der Waals surface area contributed by atoms with Crippen molar-refractivity contribution in [2.45, 2.75) is 71.1 Å². The van der Waals surface area contributed by atoms with Crippen LogP contribution in [0.4, 0.5) is 4.39 Å². The summed E-state index contributed by atoms with van der Waals surface area (Å²) in [5, 5.41) is 0. The van der Waals surface area contributed by atoms with Gasteiger partial charge in [0.05, 0.1) is 6.61 Å². The van der Waals surface area contributed by atoms with Gasteiger partial charge in [0.2, 0.25) is 0 Å². The van der Waals surface area contributed by atoms with Gasteiger partial charge >= 0.3 is 0 Å². The second-order valence-electron chi connectivity index (χ2n) is 8.40. The quantitative estimate of drug-likeness (QED) is 0.459. The molecular formula is C25H35FO. The molecule has 2 aliphatic carbocycles. The molecule has 0 heterocycles. The minimum Gasteiger partial charge on any atom is -0.493 e.